The molecule has 0 spiro atoms. The van der Waals surface area contributed by atoms with E-state index in [2.05, 4.69) is 34.0 Å². The van der Waals surface area contributed by atoms with Gasteiger partial charge in [-0.15, -0.1) is 0 Å². The highest BCUT2D eigenvalue weighted by Gasteiger charge is 2.30. The first-order valence-corrected chi connectivity index (χ1v) is 10.9. The Morgan fingerprint density at radius 1 is 1.17 bits per heavy atom. The zero-order valence-corrected chi connectivity index (χ0v) is 17.1. The van der Waals surface area contributed by atoms with E-state index in [1.54, 1.807) is 18.3 Å². The quantitative estimate of drug-likeness (QED) is 0.639. The Morgan fingerprint density at radius 3 is 2.55 bits per heavy atom. The molecule has 4 rings (SSSR count). The summed E-state index contributed by atoms with van der Waals surface area (Å²) in [6, 6.07) is 12.4. The number of para-hydroxylation sites is 1. The Balaban J connectivity index is 1.54. The van der Waals surface area contributed by atoms with Crippen LogP contribution in [0.4, 0.5) is 11.6 Å². The van der Waals surface area contributed by atoms with Crippen LogP contribution >= 0.6 is 0 Å². The van der Waals surface area contributed by atoms with Gasteiger partial charge < -0.3 is 10.1 Å². The van der Waals surface area contributed by atoms with Gasteiger partial charge in [0.05, 0.1) is 4.90 Å². The Morgan fingerprint density at radius 2 is 1.90 bits per heavy atom. The molecule has 0 aliphatic carbocycles. The Bertz CT molecular complexity index is 1130. The summed E-state index contributed by atoms with van der Waals surface area (Å²) in [6.45, 7) is 6.16. The number of hydrogen-bond acceptors (Lipinski definition) is 7. The second-order valence-corrected chi connectivity index (χ2v) is 8.93. The van der Waals surface area contributed by atoms with E-state index in [-0.39, 0.29) is 11.0 Å². The van der Waals surface area contributed by atoms with Gasteiger partial charge in [0.25, 0.3) is 0 Å². The van der Waals surface area contributed by atoms with Crippen molar-refractivity contribution in [1.82, 2.24) is 14.9 Å². The third kappa shape index (κ3) is 4.31. The molecule has 0 radical (unpaired) electrons. The minimum Gasteiger partial charge on any atom is -0.485 e. The fraction of sp³-hybridized carbons (Fsp3) is 0.300. The van der Waals surface area contributed by atoms with Crippen LogP contribution in [0.25, 0.3) is 10.9 Å². The highest BCUT2D eigenvalue weighted by Crippen LogP contribution is 2.28. The number of benzene rings is 2. The molecular formula is C20H23N5O3S. The maximum absolute atomic E-state index is 11.4. The summed E-state index contributed by atoms with van der Waals surface area (Å²) in [4.78, 5) is 11.3. The lowest BCUT2D eigenvalue weighted by Gasteiger charge is -2.41. The van der Waals surface area contributed by atoms with Crippen LogP contribution < -0.4 is 15.2 Å². The summed E-state index contributed by atoms with van der Waals surface area (Å²) in [6.07, 6.45) is 1.89. The highest BCUT2D eigenvalue weighted by atomic mass is 32.2. The lowest BCUT2D eigenvalue weighted by molar-refractivity contribution is 0.000883. The molecule has 2 aromatic carbocycles. The SMILES string of the molecule is CC(C)N1CC(Oc2cccc3cnc(Nc4ccc(S(N)(=O)=O)cc4)nc23)C1. The lowest BCUT2D eigenvalue weighted by Crippen LogP contribution is -2.56. The van der Waals surface area contributed by atoms with Crippen LogP contribution in [0.1, 0.15) is 13.8 Å². The van der Waals surface area contributed by atoms with Crippen molar-refractivity contribution in [3.63, 3.8) is 0 Å². The standard InChI is InChI=1S/C20H23N5O3S/c1-13(2)25-11-16(12-25)28-18-5-3-4-14-10-22-20(24-19(14)18)23-15-6-8-17(9-7-15)29(21,26)27/h3-10,13,16H,11-12H2,1-2H3,(H2,21,26,27)(H,22,23,24). The van der Waals surface area contributed by atoms with Crippen LogP contribution in [-0.2, 0) is 10.0 Å². The molecule has 1 aliphatic heterocycles. The number of likely N-dealkylation sites (tertiary alicyclic amines) is 1. The molecule has 8 nitrogen and oxygen atoms in total. The molecule has 0 amide bonds. The van der Waals surface area contributed by atoms with Crippen LogP contribution in [0, 0.1) is 0 Å². The first kappa shape index (κ1) is 19.6. The number of aromatic nitrogens is 2. The fourth-order valence-electron chi connectivity index (χ4n) is 3.19. The normalized spacial score (nSPS) is 15.4. The minimum absolute atomic E-state index is 0.0501. The number of sulfonamides is 1. The Labute approximate surface area is 169 Å². The van der Waals surface area contributed by atoms with Gasteiger partial charge in [-0.25, -0.2) is 23.5 Å². The molecule has 1 fully saturated rings. The number of nitrogens with two attached hydrogens (primary N) is 1. The van der Waals surface area contributed by atoms with E-state index in [1.807, 2.05) is 18.2 Å². The van der Waals surface area contributed by atoms with Gasteiger partial charge in [0.15, 0.2) is 0 Å². The van der Waals surface area contributed by atoms with E-state index >= 15 is 0 Å². The molecule has 0 bridgehead atoms. The van der Waals surface area contributed by atoms with Gasteiger partial charge in [-0.05, 0) is 44.2 Å². The molecule has 152 valence electrons. The molecule has 1 saturated heterocycles. The number of ether oxygens (including phenoxy) is 1. The molecule has 29 heavy (non-hydrogen) atoms. The van der Waals surface area contributed by atoms with E-state index in [9.17, 15) is 8.42 Å². The molecule has 1 aliphatic rings. The van der Waals surface area contributed by atoms with Gasteiger partial charge in [0.1, 0.15) is 17.4 Å². The molecule has 2 heterocycles. The van der Waals surface area contributed by atoms with E-state index < -0.39 is 10.0 Å². The molecule has 0 saturated carbocycles. The monoisotopic (exact) mass is 413 g/mol. The van der Waals surface area contributed by atoms with Crippen molar-refractivity contribution < 1.29 is 13.2 Å². The van der Waals surface area contributed by atoms with Crippen molar-refractivity contribution in [2.24, 2.45) is 5.14 Å². The summed E-state index contributed by atoms with van der Waals surface area (Å²) in [5, 5.41) is 9.10. The number of nitrogens with one attached hydrogen (secondary N) is 1. The predicted molar refractivity (Wildman–Crippen MR) is 112 cm³/mol. The highest BCUT2D eigenvalue weighted by molar-refractivity contribution is 7.89. The second kappa shape index (κ2) is 7.58. The van der Waals surface area contributed by atoms with E-state index in [0.29, 0.717) is 17.7 Å². The largest absolute Gasteiger partial charge is 0.485 e. The van der Waals surface area contributed by atoms with Crippen molar-refractivity contribution in [2.75, 3.05) is 18.4 Å². The molecule has 9 heteroatoms. The number of anilines is 2. The van der Waals surface area contributed by atoms with Crippen LogP contribution in [0.15, 0.2) is 53.6 Å². The Hall–Kier alpha value is -2.75. The number of hydrogen-bond donors (Lipinski definition) is 2. The zero-order valence-electron chi connectivity index (χ0n) is 16.2. The number of fused-ring (bicyclic) bond motifs is 1. The first-order valence-electron chi connectivity index (χ1n) is 9.36. The van der Waals surface area contributed by atoms with E-state index in [1.165, 1.54) is 12.1 Å². The molecule has 0 unspecified atom stereocenters. The van der Waals surface area contributed by atoms with Gasteiger partial charge in [-0.3, -0.25) is 4.90 Å². The maximum Gasteiger partial charge on any atom is 0.238 e. The topological polar surface area (TPSA) is 110 Å². The average Bonchev–Trinajstić information content (AvgIpc) is 2.64. The molecule has 0 atom stereocenters. The predicted octanol–water partition coefficient (Wildman–Crippen LogP) is 2.49. The van der Waals surface area contributed by atoms with Crippen molar-refractivity contribution >= 4 is 32.6 Å². The molecule has 3 N–H and O–H groups in total. The van der Waals surface area contributed by atoms with Crippen LogP contribution in [0.2, 0.25) is 0 Å². The second-order valence-electron chi connectivity index (χ2n) is 7.37. The van der Waals surface area contributed by atoms with E-state index in [4.69, 9.17) is 9.88 Å². The number of primary sulfonamides is 1. The Kier molecular flexibility index (Phi) is 5.12. The summed E-state index contributed by atoms with van der Waals surface area (Å²) >= 11 is 0. The van der Waals surface area contributed by atoms with Crippen molar-refractivity contribution in [1.29, 1.82) is 0 Å². The summed E-state index contributed by atoms with van der Waals surface area (Å²) in [5.41, 5.74) is 1.39. The summed E-state index contributed by atoms with van der Waals surface area (Å²) in [7, 11) is -3.72. The molecular weight excluding hydrogens is 390 g/mol. The average molecular weight is 414 g/mol. The maximum atomic E-state index is 11.4. The van der Waals surface area contributed by atoms with Gasteiger partial charge >= 0.3 is 0 Å². The zero-order chi connectivity index (χ0) is 20.6. The molecule has 3 aromatic rings. The minimum atomic E-state index is -3.72. The van der Waals surface area contributed by atoms with Gasteiger partial charge in [-0.2, -0.15) is 0 Å². The van der Waals surface area contributed by atoms with Crippen molar-refractivity contribution in [3.8, 4) is 5.75 Å². The van der Waals surface area contributed by atoms with E-state index in [0.717, 1.165) is 29.7 Å². The molecule has 1 aromatic heterocycles. The smallest absolute Gasteiger partial charge is 0.238 e. The van der Waals surface area contributed by atoms with Crippen LogP contribution in [0.5, 0.6) is 5.75 Å². The van der Waals surface area contributed by atoms with Crippen molar-refractivity contribution in [2.45, 2.75) is 30.9 Å². The third-order valence-electron chi connectivity index (χ3n) is 4.91. The van der Waals surface area contributed by atoms with Gasteiger partial charge in [0.2, 0.25) is 16.0 Å². The summed E-state index contributed by atoms with van der Waals surface area (Å²) in [5.74, 6) is 1.13. The third-order valence-corrected chi connectivity index (χ3v) is 5.84. The van der Waals surface area contributed by atoms with Gasteiger partial charge in [0, 0.05) is 36.4 Å². The number of nitrogens with zero attached hydrogens (tertiary/aromatic N) is 3. The van der Waals surface area contributed by atoms with Crippen LogP contribution in [0.3, 0.4) is 0 Å². The van der Waals surface area contributed by atoms with Crippen molar-refractivity contribution in [3.05, 3.63) is 48.7 Å². The van der Waals surface area contributed by atoms with Crippen LogP contribution in [-0.4, -0.2) is 48.5 Å². The summed E-state index contributed by atoms with van der Waals surface area (Å²) < 4.78 is 28.9. The first-order chi connectivity index (χ1) is 13.8. The number of rotatable bonds is 6. The lowest BCUT2D eigenvalue weighted by atomic mass is 10.1. The van der Waals surface area contributed by atoms with Gasteiger partial charge in [-0.1, -0.05) is 12.1 Å². The fourth-order valence-corrected chi connectivity index (χ4v) is 3.70.